The Bertz CT molecular complexity index is 1520. The summed E-state index contributed by atoms with van der Waals surface area (Å²) in [6.45, 7) is 7.79. The van der Waals surface area contributed by atoms with Crippen LogP contribution in [-0.4, -0.2) is 30.9 Å². The Morgan fingerprint density at radius 2 is 2.03 bits per heavy atom. The van der Waals surface area contributed by atoms with Crippen LogP contribution in [0.3, 0.4) is 0 Å². The van der Waals surface area contributed by atoms with Crippen LogP contribution in [0.4, 0.5) is 0 Å². The number of allylic oxidation sites excluding steroid dienone is 1. The van der Waals surface area contributed by atoms with Crippen molar-refractivity contribution in [2.24, 2.45) is 4.99 Å². The van der Waals surface area contributed by atoms with E-state index < -0.39 is 12.0 Å². The molecule has 0 amide bonds. The van der Waals surface area contributed by atoms with Crippen molar-refractivity contribution in [1.82, 2.24) is 4.57 Å². The molecule has 0 bridgehead atoms. The maximum Gasteiger partial charge on any atom is 0.338 e. The number of ether oxygens (including phenoxy) is 3. The van der Waals surface area contributed by atoms with E-state index in [9.17, 15) is 9.59 Å². The fourth-order valence-corrected chi connectivity index (χ4v) is 5.83. The number of nitrogens with zero attached hydrogens (tertiary/aromatic N) is 2. The van der Waals surface area contributed by atoms with Crippen LogP contribution in [-0.2, 0) is 9.53 Å². The van der Waals surface area contributed by atoms with Crippen molar-refractivity contribution in [2.75, 3.05) is 20.3 Å². The lowest BCUT2D eigenvalue weighted by molar-refractivity contribution is -0.139. The van der Waals surface area contributed by atoms with Crippen LogP contribution in [0.5, 0.6) is 11.5 Å². The standard InChI is InChI=1S/C27H25IN2O5S/c1-5-12-35-24-19(28)13-17(14-20(24)33-4)15-21-25(31)30-23(18-10-8-7-9-11-18)22(26(32)34-6-2)16(3)29-27(30)36-21/h5,7-11,13-15,23H,1,6,12H2,2-4H3/b21-15+. The molecule has 1 aliphatic heterocycles. The summed E-state index contributed by atoms with van der Waals surface area (Å²) in [6, 6.07) is 12.6. The van der Waals surface area contributed by atoms with Gasteiger partial charge in [-0.2, -0.15) is 0 Å². The third-order valence-electron chi connectivity index (χ3n) is 5.53. The summed E-state index contributed by atoms with van der Waals surface area (Å²) < 4.78 is 19.5. The first-order valence-electron chi connectivity index (χ1n) is 11.2. The van der Waals surface area contributed by atoms with Gasteiger partial charge in [0.05, 0.1) is 39.1 Å². The maximum atomic E-state index is 13.7. The van der Waals surface area contributed by atoms with Gasteiger partial charge >= 0.3 is 5.97 Å². The second-order valence-electron chi connectivity index (χ2n) is 7.85. The second kappa shape index (κ2) is 11.3. The number of hydrogen-bond donors (Lipinski definition) is 0. The van der Waals surface area contributed by atoms with Crippen molar-refractivity contribution in [2.45, 2.75) is 19.9 Å². The van der Waals surface area contributed by atoms with Gasteiger partial charge in [0.15, 0.2) is 16.3 Å². The van der Waals surface area contributed by atoms with Crippen molar-refractivity contribution in [3.8, 4) is 11.5 Å². The molecular formula is C27H25IN2O5S. The minimum atomic E-state index is -0.631. The second-order valence-corrected chi connectivity index (χ2v) is 10.0. The average Bonchev–Trinajstić information content (AvgIpc) is 3.17. The van der Waals surface area contributed by atoms with Crippen LogP contribution < -0.4 is 24.4 Å². The Morgan fingerprint density at radius 3 is 2.69 bits per heavy atom. The highest BCUT2D eigenvalue weighted by atomic mass is 127. The topological polar surface area (TPSA) is 79.1 Å². The SMILES string of the molecule is C=CCOc1c(I)cc(/C=c2/sc3n(c2=O)C(c2ccccc2)C(C(=O)OCC)=C(C)N=3)cc1OC. The third-order valence-corrected chi connectivity index (χ3v) is 7.31. The molecule has 0 aliphatic carbocycles. The smallest absolute Gasteiger partial charge is 0.338 e. The van der Waals surface area contributed by atoms with E-state index in [1.165, 1.54) is 11.3 Å². The van der Waals surface area contributed by atoms with Crippen molar-refractivity contribution < 1.29 is 19.0 Å². The number of methoxy groups -OCH3 is 1. The van der Waals surface area contributed by atoms with Gasteiger partial charge < -0.3 is 14.2 Å². The van der Waals surface area contributed by atoms with Crippen LogP contribution >= 0.6 is 33.9 Å². The van der Waals surface area contributed by atoms with Crippen LogP contribution in [0.2, 0.25) is 0 Å². The summed E-state index contributed by atoms with van der Waals surface area (Å²) in [5, 5.41) is 0. The number of fused-ring (bicyclic) bond motifs is 1. The largest absolute Gasteiger partial charge is 0.493 e. The van der Waals surface area contributed by atoms with Gasteiger partial charge in [-0.1, -0.05) is 54.3 Å². The Balaban J connectivity index is 1.89. The summed E-state index contributed by atoms with van der Waals surface area (Å²) in [5.41, 5.74) is 2.26. The zero-order chi connectivity index (χ0) is 25.8. The number of halogens is 1. The number of carbonyl (C=O) groups excluding carboxylic acids is 1. The van der Waals surface area contributed by atoms with E-state index in [1.54, 1.807) is 37.7 Å². The number of aromatic nitrogens is 1. The highest BCUT2D eigenvalue weighted by Gasteiger charge is 2.33. The van der Waals surface area contributed by atoms with Gasteiger partial charge in [0.1, 0.15) is 6.61 Å². The fourth-order valence-electron chi connectivity index (χ4n) is 4.00. The fraction of sp³-hybridized carbons (Fsp3) is 0.222. The van der Waals surface area contributed by atoms with E-state index in [4.69, 9.17) is 14.2 Å². The number of benzene rings is 2. The predicted molar refractivity (Wildman–Crippen MR) is 148 cm³/mol. The summed E-state index contributed by atoms with van der Waals surface area (Å²) in [6.07, 6.45) is 3.47. The summed E-state index contributed by atoms with van der Waals surface area (Å²) in [4.78, 5) is 31.8. The molecule has 7 nitrogen and oxygen atoms in total. The highest BCUT2D eigenvalue weighted by Crippen LogP contribution is 2.34. The molecule has 0 spiro atoms. The van der Waals surface area contributed by atoms with E-state index in [2.05, 4.69) is 34.2 Å². The lowest BCUT2D eigenvalue weighted by Crippen LogP contribution is -2.39. The average molecular weight is 616 g/mol. The molecule has 0 saturated carbocycles. The zero-order valence-corrected chi connectivity index (χ0v) is 23.1. The van der Waals surface area contributed by atoms with Crippen molar-refractivity contribution in [3.05, 3.63) is 101 Å². The molecule has 0 fully saturated rings. The van der Waals surface area contributed by atoms with Crippen LogP contribution in [0, 0.1) is 3.57 Å². The minimum Gasteiger partial charge on any atom is -0.493 e. The van der Waals surface area contributed by atoms with Crippen molar-refractivity contribution in [1.29, 1.82) is 0 Å². The van der Waals surface area contributed by atoms with E-state index in [0.717, 1.165) is 14.7 Å². The zero-order valence-electron chi connectivity index (χ0n) is 20.1. The molecule has 9 heteroatoms. The number of hydrogen-bond acceptors (Lipinski definition) is 7. The van der Waals surface area contributed by atoms with E-state index in [-0.39, 0.29) is 12.2 Å². The van der Waals surface area contributed by atoms with Crippen molar-refractivity contribution >= 4 is 46.0 Å². The third kappa shape index (κ3) is 5.03. The van der Waals surface area contributed by atoms with Gasteiger partial charge in [0.2, 0.25) is 0 Å². The molecule has 1 aliphatic rings. The number of carbonyl (C=O) groups is 1. The monoisotopic (exact) mass is 616 g/mol. The Hall–Kier alpha value is -3.18. The summed E-state index contributed by atoms with van der Waals surface area (Å²) in [5.74, 6) is 0.706. The molecule has 2 heterocycles. The molecule has 4 rings (SSSR count). The molecule has 1 unspecified atom stereocenters. The van der Waals surface area contributed by atoms with Gasteiger partial charge in [-0.25, -0.2) is 9.79 Å². The molecule has 186 valence electrons. The number of esters is 1. The van der Waals surface area contributed by atoms with Crippen LogP contribution in [0.15, 0.2) is 76.2 Å². The number of thiazole rings is 1. The molecule has 0 saturated heterocycles. The molecular weight excluding hydrogens is 591 g/mol. The van der Waals surface area contributed by atoms with Gasteiger partial charge in [0.25, 0.3) is 5.56 Å². The van der Waals surface area contributed by atoms with E-state index >= 15 is 0 Å². The molecule has 0 radical (unpaired) electrons. The molecule has 1 aromatic heterocycles. The van der Waals surface area contributed by atoms with Crippen LogP contribution in [0.1, 0.15) is 31.0 Å². The summed E-state index contributed by atoms with van der Waals surface area (Å²) >= 11 is 3.46. The normalized spacial score (nSPS) is 15.2. The lowest BCUT2D eigenvalue weighted by atomic mass is 9.96. The maximum absolute atomic E-state index is 13.7. The highest BCUT2D eigenvalue weighted by molar-refractivity contribution is 14.1. The van der Waals surface area contributed by atoms with E-state index in [0.29, 0.717) is 38.7 Å². The molecule has 1 atom stereocenters. The first kappa shape index (κ1) is 25.9. The molecule has 0 N–H and O–H groups in total. The minimum absolute atomic E-state index is 0.231. The van der Waals surface area contributed by atoms with E-state index in [1.807, 2.05) is 42.5 Å². The van der Waals surface area contributed by atoms with Gasteiger partial charge in [-0.15, -0.1) is 0 Å². The molecule has 36 heavy (non-hydrogen) atoms. The summed E-state index contributed by atoms with van der Waals surface area (Å²) in [7, 11) is 1.57. The lowest BCUT2D eigenvalue weighted by Gasteiger charge is -2.24. The Morgan fingerprint density at radius 1 is 1.28 bits per heavy atom. The quantitative estimate of drug-likeness (QED) is 0.218. The Labute approximate surface area is 226 Å². The number of rotatable bonds is 8. The Kier molecular flexibility index (Phi) is 8.10. The first-order chi connectivity index (χ1) is 17.4. The van der Waals surface area contributed by atoms with Crippen LogP contribution in [0.25, 0.3) is 6.08 Å². The van der Waals surface area contributed by atoms with Crippen molar-refractivity contribution in [3.63, 3.8) is 0 Å². The predicted octanol–water partition coefficient (Wildman–Crippen LogP) is 3.98. The van der Waals surface area contributed by atoms with Gasteiger partial charge in [0, 0.05) is 0 Å². The van der Waals surface area contributed by atoms with Gasteiger partial charge in [-0.3, -0.25) is 9.36 Å². The first-order valence-corrected chi connectivity index (χ1v) is 13.1. The molecule has 3 aromatic rings. The van der Waals surface area contributed by atoms with Gasteiger partial charge in [-0.05, 0) is 65.8 Å². The molecule has 2 aromatic carbocycles.